The Kier molecular flexibility index (Phi) is 6.62. The van der Waals surface area contributed by atoms with Crippen LogP contribution in [0, 0.1) is 5.92 Å². The molecule has 1 saturated heterocycles. The van der Waals surface area contributed by atoms with Crippen LogP contribution in [0.4, 0.5) is 0 Å². The first kappa shape index (κ1) is 15.8. The van der Waals surface area contributed by atoms with Gasteiger partial charge in [0.25, 0.3) is 0 Å². The van der Waals surface area contributed by atoms with Crippen LogP contribution in [0.15, 0.2) is 5.16 Å². The van der Waals surface area contributed by atoms with Crippen LogP contribution in [0.3, 0.4) is 0 Å². The summed E-state index contributed by atoms with van der Waals surface area (Å²) in [5.74, 6) is 0.123. The zero-order valence-electron chi connectivity index (χ0n) is 11.8. The molecule has 0 radical (unpaired) electrons. The largest absolute Gasteiger partial charge is 0.409 e. The number of carbonyl (C=O) groups is 1. The van der Waals surface area contributed by atoms with Crippen LogP contribution in [-0.4, -0.2) is 47.7 Å². The standard InChI is InChI=1S/C13H25N3O3/c1-3-16(9-10(2)13(14)15-18)12(17)7-6-11-5-4-8-19-11/h10-11,18H,3-9H2,1-2H3,(H2,14,15). The predicted octanol–water partition coefficient (Wildman–Crippen LogP) is 1.18. The van der Waals surface area contributed by atoms with Crippen molar-refractivity contribution in [3.63, 3.8) is 0 Å². The molecule has 19 heavy (non-hydrogen) atoms. The van der Waals surface area contributed by atoms with Crippen molar-refractivity contribution in [3.8, 4) is 0 Å². The number of rotatable bonds is 7. The van der Waals surface area contributed by atoms with E-state index in [1.54, 1.807) is 4.90 Å². The van der Waals surface area contributed by atoms with Crippen molar-refractivity contribution in [2.24, 2.45) is 16.8 Å². The van der Waals surface area contributed by atoms with Crippen molar-refractivity contribution in [2.75, 3.05) is 19.7 Å². The zero-order valence-corrected chi connectivity index (χ0v) is 11.8. The normalized spacial score (nSPS) is 21.4. The van der Waals surface area contributed by atoms with E-state index < -0.39 is 0 Å². The second-order valence-electron chi connectivity index (χ2n) is 5.03. The summed E-state index contributed by atoms with van der Waals surface area (Å²) >= 11 is 0. The number of nitrogens with zero attached hydrogens (tertiary/aromatic N) is 2. The second kappa shape index (κ2) is 7.99. The summed E-state index contributed by atoms with van der Waals surface area (Å²) in [6, 6.07) is 0. The van der Waals surface area contributed by atoms with Crippen molar-refractivity contribution < 1.29 is 14.7 Å². The maximum absolute atomic E-state index is 12.1. The molecule has 1 aliphatic rings. The molecule has 0 aromatic rings. The molecule has 3 N–H and O–H groups in total. The van der Waals surface area contributed by atoms with Crippen LogP contribution >= 0.6 is 0 Å². The van der Waals surface area contributed by atoms with Crippen molar-refractivity contribution >= 4 is 11.7 Å². The summed E-state index contributed by atoms with van der Waals surface area (Å²) in [6.45, 7) is 5.70. The molecule has 0 saturated carbocycles. The number of ether oxygens (including phenoxy) is 1. The van der Waals surface area contributed by atoms with Gasteiger partial charge >= 0.3 is 0 Å². The molecule has 0 spiro atoms. The lowest BCUT2D eigenvalue weighted by Crippen LogP contribution is -2.39. The topological polar surface area (TPSA) is 88.1 Å². The smallest absolute Gasteiger partial charge is 0.222 e. The number of hydrogen-bond acceptors (Lipinski definition) is 4. The van der Waals surface area contributed by atoms with Crippen LogP contribution in [0.1, 0.15) is 39.5 Å². The Morgan fingerprint density at radius 2 is 2.37 bits per heavy atom. The molecular weight excluding hydrogens is 246 g/mol. The molecule has 0 aromatic heterocycles. The highest BCUT2D eigenvalue weighted by molar-refractivity contribution is 5.83. The number of oxime groups is 1. The quantitative estimate of drug-likeness (QED) is 0.315. The van der Waals surface area contributed by atoms with E-state index in [1.807, 2.05) is 13.8 Å². The first-order valence-electron chi connectivity index (χ1n) is 6.95. The van der Waals surface area contributed by atoms with Crippen LogP contribution in [0.5, 0.6) is 0 Å². The molecule has 1 fully saturated rings. The zero-order chi connectivity index (χ0) is 14.3. The Morgan fingerprint density at radius 1 is 1.63 bits per heavy atom. The van der Waals surface area contributed by atoms with E-state index in [1.165, 1.54) is 0 Å². The summed E-state index contributed by atoms with van der Waals surface area (Å²) in [5, 5.41) is 11.6. The highest BCUT2D eigenvalue weighted by Crippen LogP contribution is 2.17. The molecule has 2 unspecified atom stereocenters. The average Bonchev–Trinajstić information content (AvgIpc) is 2.94. The van der Waals surface area contributed by atoms with Gasteiger partial charge in [-0.2, -0.15) is 0 Å². The summed E-state index contributed by atoms with van der Waals surface area (Å²) < 4.78 is 5.51. The van der Waals surface area contributed by atoms with Gasteiger partial charge < -0.3 is 20.6 Å². The number of amidine groups is 1. The Bertz CT molecular complexity index is 314. The molecule has 1 heterocycles. The lowest BCUT2D eigenvalue weighted by Gasteiger charge is -2.24. The molecule has 1 amide bonds. The fourth-order valence-electron chi connectivity index (χ4n) is 2.24. The minimum absolute atomic E-state index is 0.107. The monoisotopic (exact) mass is 271 g/mol. The van der Waals surface area contributed by atoms with Gasteiger partial charge in [0, 0.05) is 32.0 Å². The molecule has 1 aliphatic heterocycles. The molecule has 6 heteroatoms. The van der Waals surface area contributed by atoms with E-state index in [2.05, 4.69) is 5.16 Å². The van der Waals surface area contributed by atoms with Gasteiger partial charge in [-0.05, 0) is 26.2 Å². The minimum atomic E-state index is -0.142. The van der Waals surface area contributed by atoms with Gasteiger partial charge in [-0.1, -0.05) is 12.1 Å². The molecule has 110 valence electrons. The maximum atomic E-state index is 12.1. The highest BCUT2D eigenvalue weighted by atomic mass is 16.5. The van der Waals surface area contributed by atoms with Gasteiger partial charge in [-0.25, -0.2) is 0 Å². The van der Waals surface area contributed by atoms with Gasteiger partial charge in [-0.15, -0.1) is 0 Å². The van der Waals surface area contributed by atoms with E-state index in [4.69, 9.17) is 15.7 Å². The van der Waals surface area contributed by atoms with Gasteiger partial charge in [0.2, 0.25) is 5.91 Å². The first-order valence-corrected chi connectivity index (χ1v) is 6.95. The second-order valence-corrected chi connectivity index (χ2v) is 5.03. The summed E-state index contributed by atoms with van der Waals surface area (Å²) in [4.78, 5) is 13.9. The summed E-state index contributed by atoms with van der Waals surface area (Å²) in [5.41, 5.74) is 5.54. The molecule has 0 bridgehead atoms. The third-order valence-corrected chi connectivity index (χ3v) is 3.55. The number of carbonyl (C=O) groups excluding carboxylic acids is 1. The van der Waals surface area contributed by atoms with Crippen LogP contribution in [-0.2, 0) is 9.53 Å². The molecule has 1 rings (SSSR count). The van der Waals surface area contributed by atoms with Crippen LogP contribution < -0.4 is 5.73 Å². The third-order valence-electron chi connectivity index (χ3n) is 3.55. The fraction of sp³-hybridized carbons (Fsp3) is 0.846. The van der Waals surface area contributed by atoms with Crippen LogP contribution in [0.25, 0.3) is 0 Å². The highest BCUT2D eigenvalue weighted by Gasteiger charge is 2.20. The van der Waals surface area contributed by atoms with Gasteiger partial charge in [-0.3, -0.25) is 4.79 Å². The van der Waals surface area contributed by atoms with E-state index in [9.17, 15) is 4.79 Å². The van der Waals surface area contributed by atoms with E-state index >= 15 is 0 Å². The molecule has 2 atom stereocenters. The van der Waals surface area contributed by atoms with Crippen LogP contribution in [0.2, 0.25) is 0 Å². The van der Waals surface area contributed by atoms with E-state index in [0.29, 0.717) is 19.5 Å². The van der Waals surface area contributed by atoms with Gasteiger partial charge in [0.1, 0.15) is 5.84 Å². The average molecular weight is 271 g/mol. The van der Waals surface area contributed by atoms with Crippen molar-refractivity contribution in [2.45, 2.75) is 45.6 Å². The molecular formula is C13H25N3O3. The molecule has 0 aromatic carbocycles. The summed E-state index contributed by atoms with van der Waals surface area (Å²) in [6.07, 6.45) is 3.68. The molecule has 0 aliphatic carbocycles. The van der Waals surface area contributed by atoms with E-state index in [-0.39, 0.29) is 23.8 Å². The van der Waals surface area contributed by atoms with Crippen molar-refractivity contribution in [1.29, 1.82) is 0 Å². The minimum Gasteiger partial charge on any atom is -0.409 e. The SMILES string of the molecule is CCN(CC(C)C(N)=NO)C(=O)CCC1CCCO1. The fourth-order valence-corrected chi connectivity index (χ4v) is 2.24. The Labute approximate surface area is 114 Å². The Hall–Kier alpha value is -1.30. The first-order chi connectivity index (χ1) is 9.08. The van der Waals surface area contributed by atoms with E-state index in [0.717, 1.165) is 25.9 Å². The van der Waals surface area contributed by atoms with Gasteiger partial charge in [0.05, 0.1) is 6.10 Å². The lowest BCUT2D eigenvalue weighted by molar-refractivity contribution is -0.132. The predicted molar refractivity (Wildman–Crippen MR) is 73.0 cm³/mol. The Morgan fingerprint density at radius 3 is 2.89 bits per heavy atom. The van der Waals surface area contributed by atoms with Gasteiger partial charge in [0.15, 0.2) is 0 Å². The van der Waals surface area contributed by atoms with Crippen molar-refractivity contribution in [1.82, 2.24) is 4.90 Å². The molecule has 6 nitrogen and oxygen atoms in total. The maximum Gasteiger partial charge on any atom is 0.222 e. The number of amides is 1. The number of nitrogens with two attached hydrogens (primary N) is 1. The van der Waals surface area contributed by atoms with Crippen molar-refractivity contribution in [3.05, 3.63) is 0 Å². The third kappa shape index (κ3) is 5.06. The number of hydrogen-bond donors (Lipinski definition) is 2. The lowest BCUT2D eigenvalue weighted by atomic mass is 10.1. The summed E-state index contributed by atoms with van der Waals surface area (Å²) in [7, 11) is 0. The Balaban J connectivity index is 2.37.